The maximum absolute atomic E-state index is 12.7. The summed E-state index contributed by atoms with van der Waals surface area (Å²) in [4.78, 5) is 0.343. The average Bonchev–Trinajstić information content (AvgIpc) is 2.48. The minimum atomic E-state index is -3.42. The quantitative estimate of drug-likeness (QED) is 0.909. The molecule has 21 heavy (non-hydrogen) atoms. The third-order valence-corrected chi connectivity index (χ3v) is 6.15. The molecule has 0 saturated heterocycles. The summed E-state index contributed by atoms with van der Waals surface area (Å²) in [6.45, 7) is 2.47. The Hall–Kier alpha value is -0.910. The van der Waals surface area contributed by atoms with Gasteiger partial charge in [0.1, 0.15) is 0 Å². The molecule has 5 heteroatoms. The molecule has 0 aromatic heterocycles. The molecule has 0 spiro atoms. The third-order valence-electron chi connectivity index (χ3n) is 4.33. The van der Waals surface area contributed by atoms with Crippen molar-refractivity contribution in [3.05, 3.63) is 29.8 Å². The highest BCUT2D eigenvalue weighted by molar-refractivity contribution is 7.89. The molecule has 0 heterocycles. The largest absolute Gasteiger partial charge is 0.324 e. The van der Waals surface area contributed by atoms with Crippen LogP contribution in [-0.4, -0.2) is 26.3 Å². The molecule has 1 aromatic carbocycles. The highest BCUT2D eigenvalue weighted by Crippen LogP contribution is 2.26. The van der Waals surface area contributed by atoms with Crippen LogP contribution in [0.25, 0.3) is 0 Å². The summed E-state index contributed by atoms with van der Waals surface area (Å²) in [7, 11) is -1.73. The van der Waals surface area contributed by atoms with E-state index in [2.05, 4.69) is 0 Å². The van der Waals surface area contributed by atoms with Gasteiger partial charge in [-0.2, -0.15) is 0 Å². The van der Waals surface area contributed by atoms with Crippen LogP contribution in [0.15, 0.2) is 29.2 Å². The van der Waals surface area contributed by atoms with Gasteiger partial charge in [-0.05, 0) is 43.4 Å². The zero-order valence-corrected chi connectivity index (χ0v) is 13.8. The smallest absolute Gasteiger partial charge is 0.242 e. The van der Waals surface area contributed by atoms with E-state index in [4.69, 9.17) is 5.73 Å². The minimum Gasteiger partial charge on any atom is -0.324 e. The molecule has 1 unspecified atom stereocenters. The van der Waals surface area contributed by atoms with Crippen LogP contribution >= 0.6 is 0 Å². The van der Waals surface area contributed by atoms with Crippen LogP contribution in [0.4, 0.5) is 0 Å². The second kappa shape index (κ2) is 6.90. The van der Waals surface area contributed by atoms with Crippen molar-refractivity contribution in [2.24, 2.45) is 11.7 Å². The van der Waals surface area contributed by atoms with Crippen molar-refractivity contribution in [2.45, 2.75) is 50.0 Å². The van der Waals surface area contributed by atoms with E-state index in [1.54, 1.807) is 25.2 Å². The highest BCUT2D eigenvalue weighted by Gasteiger charge is 2.25. The van der Waals surface area contributed by atoms with Crippen molar-refractivity contribution >= 4 is 10.0 Å². The van der Waals surface area contributed by atoms with Crippen molar-refractivity contribution in [1.82, 2.24) is 4.31 Å². The van der Waals surface area contributed by atoms with Crippen LogP contribution in [-0.2, 0) is 10.0 Å². The molecular weight excluding hydrogens is 284 g/mol. The fourth-order valence-corrected chi connectivity index (χ4v) is 4.27. The lowest BCUT2D eigenvalue weighted by Crippen LogP contribution is -2.32. The van der Waals surface area contributed by atoms with Crippen LogP contribution in [0.5, 0.6) is 0 Å². The molecule has 4 nitrogen and oxygen atoms in total. The maximum Gasteiger partial charge on any atom is 0.242 e. The molecule has 0 radical (unpaired) electrons. The van der Waals surface area contributed by atoms with Gasteiger partial charge >= 0.3 is 0 Å². The summed E-state index contributed by atoms with van der Waals surface area (Å²) in [5.41, 5.74) is 6.69. The van der Waals surface area contributed by atoms with Gasteiger partial charge in [-0.3, -0.25) is 0 Å². The Morgan fingerprint density at radius 3 is 2.57 bits per heavy atom. The Morgan fingerprint density at radius 2 is 1.95 bits per heavy atom. The van der Waals surface area contributed by atoms with Crippen molar-refractivity contribution in [2.75, 3.05) is 13.6 Å². The summed E-state index contributed by atoms with van der Waals surface area (Å²) in [5, 5.41) is 0. The Kier molecular flexibility index (Phi) is 5.41. The van der Waals surface area contributed by atoms with E-state index in [0.717, 1.165) is 18.4 Å². The number of benzene rings is 1. The Morgan fingerprint density at radius 1 is 1.29 bits per heavy atom. The number of hydrogen-bond donors (Lipinski definition) is 1. The van der Waals surface area contributed by atoms with Crippen LogP contribution in [0, 0.1) is 5.92 Å². The monoisotopic (exact) mass is 310 g/mol. The first kappa shape index (κ1) is 16.5. The predicted octanol–water partition coefficient (Wildman–Crippen LogP) is 2.91. The lowest BCUT2D eigenvalue weighted by Gasteiger charge is -2.26. The summed E-state index contributed by atoms with van der Waals surface area (Å²) in [6, 6.07) is 6.81. The van der Waals surface area contributed by atoms with Crippen molar-refractivity contribution in [3.8, 4) is 0 Å². The van der Waals surface area contributed by atoms with Gasteiger partial charge in [0.15, 0.2) is 0 Å². The molecule has 118 valence electrons. The Labute approximate surface area is 128 Å². The van der Waals surface area contributed by atoms with Crippen LogP contribution in [0.1, 0.15) is 50.6 Å². The Bertz CT molecular complexity index is 563. The van der Waals surface area contributed by atoms with Gasteiger partial charge < -0.3 is 5.73 Å². The normalized spacial score (nSPS) is 18.9. The van der Waals surface area contributed by atoms with Crippen LogP contribution in [0.2, 0.25) is 0 Å². The first-order valence-electron chi connectivity index (χ1n) is 7.73. The van der Waals surface area contributed by atoms with Gasteiger partial charge in [-0.1, -0.05) is 31.4 Å². The summed E-state index contributed by atoms with van der Waals surface area (Å²) in [5.74, 6) is 0.495. The fraction of sp³-hybridized carbons (Fsp3) is 0.625. The van der Waals surface area contributed by atoms with Gasteiger partial charge in [-0.15, -0.1) is 0 Å². The lowest BCUT2D eigenvalue weighted by atomic mass is 9.89. The molecule has 1 atom stereocenters. The molecule has 1 saturated carbocycles. The Balaban J connectivity index is 2.14. The summed E-state index contributed by atoms with van der Waals surface area (Å²) in [6.07, 6.45) is 6.00. The summed E-state index contributed by atoms with van der Waals surface area (Å²) >= 11 is 0. The topological polar surface area (TPSA) is 63.4 Å². The number of nitrogens with two attached hydrogens (primary N) is 1. The number of nitrogens with zero attached hydrogens (tertiary/aromatic N) is 1. The van der Waals surface area contributed by atoms with Crippen LogP contribution < -0.4 is 5.73 Å². The van der Waals surface area contributed by atoms with E-state index in [0.29, 0.717) is 17.4 Å². The van der Waals surface area contributed by atoms with E-state index in [1.807, 2.05) is 13.0 Å². The average molecular weight is 310 g/mol. The maximum atomic E-state index is 12.7. The van der Waals surface area contributed by atoms with Crippen LogP contribution in [0.3, 0.4) is 0 Å². The van der Waals surface area contributed by atoms with E-state index in [1.165, 1.54) is 23.6 Å². The number of sulfonamides is 1. The molecule has 0 amide bonds. The first-order chi connectivity index (χ1) is 9.91. The summed E-state index contributed by atoms with van der Waals surface area (Å²) < 4.78 is 26.8. The van der Waals surface area contributed by atoms with E-state index >= 15 is 0 Å². The molecule has 2 N–H and O–H groups in total. The van der Waals surface area contributed by atoms with Gasteiger partial charge in [0.05, 0.1) is 4.90 Å². The number of rotatable bonds is 5. The van der Waals surface area contributed by atoms with Gasteiger partial charge in [0.2, 0.25) is 10.0 Å². The predicted molar refractivity (Wildman–Crippen MR) is 85.4 cm³/mol. The van der Waals surface area contributed by atoms with Gasteiger partial charge in [-0.25, -0.2) is 12.7 Å². The standard InChI is InChI=1S/C16H26N2O2S/c1-13(17)15-9-6-10-16(11-15)21(19,20)18(2)12-14-7-4-3-5-8-14/h6,9-11,13-14H,3-5,7-8,12,17H2,1-2H3. The zero-order valence-electron chi connectivity index (χ0n) is 13.0. The van der Waals surface area contributed by atoms with Gasteiger partial charge in [0, 0.05) is 19.6 Å². The minimum absolute atomic E-state index is 0.163. The zero-order chi connectivity index (χ0) is 15.5. The molecule has 1 aliphatic carbocycles. The molecule has 2 rings (SSSR count). The van der Waals surface area contributed by atoms with E-state index in [-0.39, 0.29) is 6.04 Å². The molecule has 0 bridgehead atoms. The first-order valence-corrected chi connectivity index (χ1v) is 9.17. The second-order valence-corrected chi connectivity index (χ2v) is 8.20. The SMILES string of the molecule is CC(N)c1cccc(S(=O)(=O)N(C)CC2CCCCC2)c1. The van der Waals surface area contributed by atoms with Crippen molar-refractivity contribution < 1.29 is 8.42 Å². The second-order valence-electron chi connectivity index (χ2n) is 6.15. The van der Waals surface area contributed by atoms with E-state index in [9.17, 15) is 8.42 Å². The van der Waals surface area contributed by atoms with Gasteiger partial charge in [0.25, 0.3) is 0 Å². The molecule has 1 aromatic rings. The van der Waals surface area contributed by atoms with E-state index < -0.39 is 10.0 Å². The van der Waals surface area contributed by atoms with Crippen molar-refractivity contribution in [1.29, 1.82) is 0 Å². The fourth-order valence-electron chi connectivity index (χ4n) is 2.97. The van der Waals surface area contributed by atoms with Crippen molar-refractivity contribution in [3.63, 3.8) is 0 Å². The number of hydrogen-bond acceptors (Lipinski definition) is 3. The lowest BCUT2D eigenvalue weighted by molar-refractivity contribution is 0.300. The highest BCUT2D eigenvalue weighted by atomic mass is 32.2. The molecule has 1 fully saturated rings. The molecule has 0 aliphatic heterocycles. The third kappa shape index (κ3) is 4.05. The molecule has 1 aliphatic rings. The molecular formula is C16H26N2O2S.